The number of nitrogens with zero attached hydrogens (tertiary/aromatic N) is 3. The summed E-state index contributed by atoms with van der Waals surface area (Å²) in [6, 6.07) is 2.54. The smallest absolute Gasteiger partial charge is 0.202 e. The Balaban J connectivity index is 1.77. The number of hydrogen-bond acceptors (Lipinski definition) is 5. The fourth-order valence-corrected chi connectivity index (χ4v) is 2.56. The summed E-state index contributed by atoms with van der Waals surface area (Å²) >= 11 is 1.26. The number of imidazole rings is 1. The SMILES string of the molecule is CC(C)c1nsc(NCc2nc3c(F)c(F)ccc3[nH]2)n1. The molecule has 2 N–H and O–H groups in total. The van der Waals surface area contributed by atoms with Crippen molar-refractivity contribution in [3.63, 3.8) is 0 Å². The lowest BCUT2D eigenvalue weighted by atomic mass is 10.2. The number of nitrogens with one attached hydrogen (secondary N) is 2. The Morgan fingerprint density at radius 1 is 1.29 bits per heavy atom. The van der Waals surface area contributed by atoms with Crippen LogP contribution in [0, 0.1) is 11.6 Å². The highest BCUT2D eigenvalue weighted by molar-refractivity contribution is 7.09. The number of aromatic amines is 1. The first-order valence-corrected chi connectivity index (χ1v) is 7.22. The Kier molecular flexibility index (Phi) is 3.54. The number of halogens is 2. The number of rotatable bonds is 4. The molecule has 0 bridgehead atoms. The maximum absolute atomic E-state index is 13.6. The minimum absolute atomic E-state index is 0.00642. The number of hydrogen-bond donors (Lipinski definition) is 2. The molecule has 0 fully saturated rings. The van der Waals surface area contributed by atoms with Crippen molar-refractivity contribution in [1.82, 2.24) is 19.3 Å². The van der Waals surface area contributed by atoms with Crippen LogP contribution in [0.4, 0.5) is 13.9 Å². The number of benzene rings is 1. The minimum Gasteiger partial charge on any atom is -0.353 e. The van der Waals surface area contributed by atoms with Crippen LogP contribution in [-0.4, -0.2) is 19.3 Å². The van der Waals surface area contributed by atoms with Crippen LogP contribution < -0.4 is 5.32 Å². The lowest BCUT2D eigenvalue weighted by molar-refractivity contribution is 0.515. The highest BCUT2D eigenvalue weighted by Crippen LogP contribution is 2.20. The van der Waals surface area contributed by atoms with E-state index in [0.717, 1.165) is 11.9 Å². The molecule has 1 aromatic carbocycles. The molecule has 5 nitrogen and oxygen atoms in total. The molecule has 21 heavy (non-hydrogen) atoms. The van der Waals surface area contributed by atoms with E-state index in [0.29, 0.717) is 23.0 Å². The summed E-state index contributed by atoms with van der Waals surface area (Å²) < 4.78 is 30.9. The van der Waals surface area contributed by atoms with Crippen LogP contribution in [0.5, 0.6) is 0 Å². The van der Waals surface area contributed by atoms with Gasteiger partial charge in [0.1, 0.15) is 17.2 Å². The summed E-state index contributed by atoms with van der Waals surface area (Å²) in [5.74, 6) is -0.289. The molecule has 0 aliphatic rings. The third-order valence-corrected chi connectivity index (χ3v) is 3.65. The van der Waals surface area contributed by atoms with E-state index in [-0.39, 0.29) is 11.4 Å². The van der Waals surface area contributed by atoms with Gasteiger partial charge < -0.3 is 10.3 Å². The molecule has 2 aromatic heterocycles. The van der Waals surface area contributed by atoms with Crippen molar-refractivity contribution in [3.05, 3.63) is 35.4 Å². The molecule has 0 unspecified atom stereocenters. The second-order valence-corrected chi connectivity index (χ2v) is 5.66. The van der Waals surface area contributed by atoms with Crippen LogP contribution in [0.3, 0.4) is 0 Å². The van der Waals surface area contributed by atoms with Crippen molar-refractivity contribution in [2.75, 3.05) is 5.32 Å². The molecule has 110 valence electrons. The van der Waals surface area contributed by atoms with Crippen LogP contribution in [0.25, 0.3) is 11.0 Å². The van der Waals surface area contributed by atoms with Gasteiger partial charge in [-0.15, -0.1) is 0 Å². The van der Waals surface area contributed by atoms with Crippen molar-refractivity contribution >= 4 is 27.7 Å². The van der Waals surface area contributed by atoms with E-state index >= 15 is 0 Å². The van der Waals surface area contributed by atoms with E-state index in [9.17, 15) is 8.78 Å². The molecule has 0 saturated heterocycles. The van der Waals surface area contributed by atoms with E-state index in [1.54, 1.807) is 0 Å². The summed E-state index contributed by atoms with van der Waals surface area (Å²) in [6.45, 7) is 4.37. The summed E-state index contributed by atoms with van der Waals surface area (Å²) in [5.41, 5.74) is 0.470. The topological polar surface area (TPSA) is 66.5 Å². The average Bonchev–Trinajstić information content (AvgIpc) is 3.07. The molecule has 0 amide bonds. The Morgan fingerprint density at radius 3 is 2.81 bits per heavy atom. The Hall–Kier alpha value is -2.09. The van der Waals surface area contributed by atoms with E-state index in [1.807, 2.05) is 13.8 Å². The second-order valence-electron chi connectivity index (χ2n) is 4.91. The summed E-state index contributed by atoms with van der Waals surface area (Å²) in [5, 5.41) is 3.74. The third kappa shape index (κ3) is 2.71. The van der Waals surface area contributed by atoms with Gasteiger partial charge in [-0.2, -0.15) is 4.37 Å². The molecule has 2 heterocycles. The zero-order valence-electron chi connectivity index (χ0n) is 11.4. The van der Waals surface area contributed by atoms with E-state index in [4.69, 9.17) is 0 Å². The molecule has 0 atom stereocenters. The largest absolute Gasteiger partial charge is 0.353 e. The van der Waals surface area contributed by atoms with Crippen LogP contribution >= 0.6 is 11.5 Å². The van der Waals surface area contributed by atoms with Gasteiger partial charge in [0.25, 0.3) is 0 Å². The average molecular weight is 309 g/mol. The molecular formula is C13H13F2N5S. The number of aromatic nitrogens is 4. The second kappa shape index (κ2) is 5.36. The zero-order chi connectivity index (χ0) is 15.0. The lowest BCUT2D eigenvalue weighted by Gasteiger charge is -1.98. The molecule has 0 radical (unpaired) electrons. The zero-order valence-corrected chi connectivity index (χ0v) is 12.3. The van der Waals surface area contributed by atoms with E-state index in [1.165, 1.54) is 17.6 Å². The van der Waals surface area contributed by atoms with Crippen LogP contribution in [0.15, 0.2) is 12.1 Å². The van der Waals surface area contributed by atoms with Crippen LogP contribution in [0.1, 0.15) is 31.4 Å². The molecule has 0 aliphatic heterocycles. The summed E-state index contributed by atoms with van der Waals surface area (Å²) in [6.07, 6.45) is 0. The van der Waals surface area contributed by atoms with E-state index in [2.05, 4.69) is 24.6 Å². The van der Waals surface area contributed by atoms with Gasteiger partial charge >= 0.3 is 0 Å². The van der Waals surface area contributed by atoms with Crippen LogP contribution in [-0.2, 0) is 6.54 Å². The van der Waals surface area contributed by atoms with Gasteiger partial charge in [0, 0.05) is 17.5 Å². The van der Waals surface area contributed by atoms with Crippen molar-refractivity contribution in [2.45, 2.75) is 26.3 Å². The van der Waals surface area contributed by atoms with Gasteiger partial charge in [0.15, 0.2) is 11.6 Å². The number of anilines is 1. The quantitative estimate of drug-likeness (QED) is 0.775. The maximum atomic E-state index is 13.6. The summed E-state index contributed by atoms with van der Waals surface area (Å²) in [4.78, 5) is 11.3. The Morgan fingerprint density at radius 2 is 2.10 bits per heavy atom. The Labute approximate surface area is 123 Å². The first-order chi connectivity index (χ1) is 10.0. The van der Waals surface area contributed by atoms with Crippen molar-refractivity contribution < 1.29 is 8.78 Å². The van der Waals surface area contributed by atoms with Gasteiger partial charge in [-0.25, -0.2) is 18.7 Å². The molecule has 8 heteroatoms. The monoisotopic (exact) mass is 309 g/mol. The minimum atomic E-state index is -0.937. The molecule has 3 rings (SSSR count). The first kappa shape index (κ1) is 13.9. The Bertz CT molecular complexity index is 780. The van der Waals surface area contributed by atoms with Crippen molar-refractivity contribution in [1.29, 1.82) is 0 Å². The fourth-order valence-electron chi connectivity index (χ4n) is 1.85. The highest BCUT2D eigenvalue weighted by atomic mass is 32.1. The van der Waals surface area contributed by atoms with Crippen molar-refractivity contribution in [3.8, 4) is 0 Å². The van der Waals surface area contributed by atoms with E-state index < -0.39 is 11.6 Å². The molecule has 3 aromatic rings. The predicted octanol–water partition coefficient (Wildman–Crippen LogP) is 3.43. The van der Waals surface area contributed by atoms with Gasteiger partial charge in [-0.3, -0.25) is 0 Å². The highest BCUT2D eigenvalue weighted by Gasteiger charge is 2.12. The molecule has 0 spiro atoms. The normalized spacial score (nSPS) is 11.5. The van der Waals surface area contributed by atoms with Crippen LogP contribution in [0.2, 0.25) is 0 Å². The standard InChI is InChI=1S/C13H13F2N5S/c1-6(2)12-19-13(21-20-12)16-5-9-17-8-4-3-7(14)10(15)11(8)18-9/h3-4,6H,5H2,1-2H3,(H,17,18)(H,16,19,20). The molecule has 0 aliphatic carbocycles. The summed E-state index contributed by atoms with van der Waals surface area (Å²) in [7, 11) is 0. The van der Waals surface area contributed by atoms with Gasteiger partial charge in [-0.1, -0.05) is 13.8 Å². The maximum Gasteiger partial charge on any atom is 0.202 e. The number of H-pyrrole nitrogens is 1. The first-order valence-electron chi connectivity index (χ1n) is 6.44. The van der Waals surface area contributed by atoms with Gasteiger partial charge in [-0.05, 0) is 12.1 Å². The molecular weight excluding hydrogens is 296 g/mol. The predicted molar refractivity (Wildman–Crippen MR) is 77.3 cm³/mol. The lowest BCUT2D eigenvalue weighted by Crippen LogP contribution is -2.01. The number of fused-ring (bicyclic) bond motifs is 1. The molecule has 0 saturated carbocycles. The van der Waals surface area contributed by atoms with Crippen molar-refractivity contribution in [2.24, 2.45) is 0 Å². The third-order valence-electron chi connectivity index (χ3n) is 2.96. The fraction of sp³-hybridized carbons (Fsp3) is 0.308. The van der Waals surface area contributed by atoms with Gasteiger partial charge in [0.2, 0.25) is 5.13 Å². The van der Waals surface area contributed by atoms with Gasteiger partial charge in [0.05, 0.1) is 12.1 Å².